The highest BCUT2D eigenvalue weighted by Gasteiger charge is 2.27. The number of rotatable bonds is 9. The molecule has 0 bridgehead atoms. The molecule has 0 amide bonds. The molecule has 1 rings (SSSR count). The predicted octanol–water partition coefficient (Wildman–Crippen LogP) is 5.05. The van der Waals surface area contributed by atoms with E-state index in [0.29, 0.717) is 6.04 Å². The summed E-state index contributed by atoms with van der Waals surface area (Å²) in [7, 11) is 0. The Morgan fingerprint density at radius 2 is 1.85 bits per heavy atom. The van der Waals surface area contributed by atoms with E-state index in [2.05, 4.69) is 60.0 Å². The van der Waals surface area contributed by atoms with E-state index in [-0.39, 0.29) is 6.04 Å². The lowest BCUT2D eigenvalue weighted by Gasteiger charge is -2.36. The first kappa shape index (κ1) is 18.1. The molecule has 20 heavy (non-hydrogen) atoms. The fraction of sp³-hybridized carbons (Fsp3) is 0.750. The van der Waals surface area contributed by atoms with Crippen molar-refractivity contribution in [3.63, 3.8) is 0 Å². The van der Waals surface area contributed by atoms with Gasteiger partial charge < -0.3 is 5.73 Å². The van der Waals surface area contributed by atoms with Crippen molar-refractivity contribution in [3.8, 4) is 0 Å². The fourth-order valence-corrected chi connectivity index (χ4v) is 4.34. The van der Waals surface area contributed by atoms with Crippen molar-refractivity contribution in [2.75, 3.05) is 13.1 Å². The number of hydrogen-bond acceptors (Lipinski definition) is 3. The van der Waals surface area contributed by atoms with Gasteiger partial charge in [0.1, 0.15) is 0 Å². The third-order valence-electron chi connectivity index (χ3n) is 4.20. The van der Waals surface area contributed by atoms with Crippen molar-refractivity contribution in [2.24, 2.45) is 11.7 Å². The minimum Gasteiger partial charge on any atom is -0.326 e. The molecule has 1 aromatic heterocycles. The van der Waals surface area contributed by atoms with Crippen LogP contribution in [0.2, 0.25) is 0 Å². The zero-order valence-electron chi connectivity index (χ0n) is 13.2. The predicted molar refractivity (Wildman–Crippen MR) is 94.3 cm³/mol. The van der Waals surface area contributed by atoms with Gasteiger partial charge in [0.25, 0.3) is 0 Å². The molecule has 0 aromatic carbocycles. The zero-order valence-corrected chi connectivity index (χ0v) is 15.6. The summed E-state index contributed by atoms with van der Waals surface area (Å²) in [6.07, 6.45) is 3.50. The van der Waals surface area contributed by atoms with Crippen LogP contribution >= 0.6 is 27.3 Å². The molecule has 2 unspecified atom stereocenters. The average Bonchev–Trinajstić information content (AvgIpc) is 2.88. The van der Waals surface area contributed by atoms with Crippen LogP contribution in [0.4, 0.5) is 0 Å². The van der Waals surface area contributed by atoms with Crippen LogP contribution in [0.3, 0.4) is 0 Å². The first-order valence-electron chi connectivity index (χ1n) is 7.80. The van der Waals surface area contributed by atoms with Crippen molar-refractivity contribution in [1.82, 2.24) is 4.90 Å². The Kier molecular flexibility index (Phi) is 8.34. The molecule has 0 spiro atoms. The summed E-state index contributed by atoms with van der Waals surface area (Å²) in [5.74, 6) is 0.768. The molecular weight excluding hydrogens is 332 g/mol. The summed E-state index contributed by atoms with van der Waals surface area (Å²) in [6, 6.07) is 2.79. The lowest BCUT2D eigenvalue weighted by Crippen LogP contribution is -2.42. The van der Waals surface area contributed by atoms with Crippen molar-refractivity contribution < 1.29 is 0 Å². The Bertz CT molecular complexity index is 376. The third-order valence-corrected chi connectivity index (χ3v) is 5.97. The Hall–Kier alpha value is 0.1000. The summed E-state index contributed by atoms with van der Waals surface area (Å²) in [5, 5.41) is 2.16. The molecule has 0 aliphatic rings. The molecule has 1 aromatic rings. The number of halogens is 1. The van der Waals surface area contributed by atoms with E-state index in [1.807, 2.05) is 11.3 Å². The number of nitrogens with two attached hydrogens (primary N) is 1. The average molecular weight is 361 g/mol. The number of nitrogens with zero attached hydrogens (tertiary/aromatic N) is 1. The quantitative estimate of drug-likeness (QED) is 0.667. The van der Waals surface area contributed by atoms with Gasteiger partial charge in [-0.15, -0.1) is 11.3 Å². The minimum absolute atomic E-state index is 0.204. The smallest absolute Gasteiger partial charge is 0.0593 e. The van der Waals surface area contributed by atoms with Crippen LogP contribution in [0.25, 0.3) is 0 Å². The summed E-state index contributed by atoms with van der Waals surface area (Å²) < 4.78 is 1.17. The zero-order chi connectivity index (χ0) is 15.1. The third kappa shape index (κ3) is 4.83. The first-order valence-corrected chi connectivity index (χ1v) is 9.47. The number of hydrogen-bond donors (Lipinski definition) is 1. The maximum Gasteiger partial charge on any atom is 0.0593 e. The van der Waals surface area contributed by atoms with Gasteiger partial charge in [-0.1, -0.05) is 40.5 Å². The van der Waals surface area contributed by atoms with E-state index >= 15 is 0 Å². The second kappa shape index (κ2) is 9.19. The van der Waals surface area contributed by atoms with Gasteiger partial charge in [-0.05, 0) is 40.9 Å². The van der Waals surface area contributed by atoms with Gasteiger partial charge in [0.15, 0.2) is 0 Å². The Morgan fingerprint density at radius 3 is 2.25 bits per heavy atom. The van der Waals surface area contributed by atoms with Gasteiger partial charge in [0, 0.05) is 27.3 Å². The number of thiophene rings is 1. The van der Waals surface area contributed by atoms with Gasteiger partial charge in [-0.3, -0.25) is 4.90 Å². The highest BCUT2D eigenvalue weighted by atomic mass is 79.9. The summed E-state index contributed by atoms with van der Waals surface area (Å²) in [5.41, 5.74) is 6.44. The highest BCUT2D eigenvalue weighted by Crippen LogP contribution is 2.33. The van der Waals surface area contributed by atoms with Crippen LogP contribution in [-0.2, 0) is 0 Å². The van der Waals surface area contributed by atoms with Crippen molar-refractivity contribution in [3.05, 3.63) is 20.8 Å². The molecule has 0 saturated carbocycles. The standard InChI is InChI=1S/C16H29BrN2S/c1-5-12(6-2)10-19(8-4)16(14(18)7-3)15-9-13(17)11-20-15/h9,11-12,14,16H,5-8,10,18H2,1-4H3. The SMILES string of the molecule is CCC(CC)CN(CC)C(c1cc(Br)cs1)C(N)CC. The van der Waals surface area contributed by atoms with Crippen molar-refractivity contribution in [1.29, 1.82) is 0 Å². The van der Waals surface area contributed by atoms with E-state index in [0.717, 1.165) is 25.4 Å². The van der Waals surface area contributed by atoms with E-state index in [4.69, 9.17) is 5.73 Å². The number of likely N-dealkylation sites (N-methyl/N-ethyl adjacent to an activating group) is 1. The Morgan fingerprint density at radius 1 is 1.20 bits per heavy atom. The van der Waals surface area contributed by atoms with Crippen LogP contribution in [-0.4, -0.2) is 24.0 Å². The molecular formula is C16H29BrN2S. The minimum atomic E-state index is 0.204. The maximum atomic E-state index is 6.44. The molecule has 2 atom stereocenters. The van der Waals surface area contributed by atoms with E-state index in [9.17, 15) is 0 Å². The van der Waals surface area contributed by atoms with E-state index in [1.165, 1.54) is 22.2 Å². The highest BCUT2D eigenvalue weighted by molar-refractivity contribution is 9.10. The van der Waals surface area contributed by atoms with Crippen LogP contribution in [0.1, 0.15) is 57.9 Å². The van der Waals surface area contributed by atoms with Gasteiger partial charge in [-0.2, -0.15) is 0 Å². The molecule has 0 aliphatic carbocycles. The topological polar surface area (TPSA) is 29.3 Å². The molecule has 2 nitrogen and oxygen atoms in total. The molecule has 4 heteroatoms. The van der Waals surface area contributed by atoms with Gasteiger partial charge in [0.05, 0.1) is 6.04 Å². The second-order valence-corrected chi connectivity index (χ2v) is 7.31. The second-order valence-electron chi connectivity index (χ2n) is 5.45. The maximum absolute atomic E-state index is 6.44. The molecule has 0 aliphatic heterocycles. The molecule has 116 valence electrons. The van der Waals surface area contributed by atoms with E-state index < -0.39 is 0 Å². The Balaban J connectivity index is 2.95. The molecule has 2 N–H and O–H groups in total. The van der Waals surface area contributed by atoms with Gasteiger partial charge in [0.2, 0.25) is 0 Å². The van der Waals surface area contributed by atoms with Crippen LogP contribution in [0.15, 0.2) is 15.9 Å². The summed E-state index contributed by atoms with van der Waals surface area (Å²) in [6.45, 7) is 11.2. The summed E-state index contributed by atoms with van der Waals surface area (Å²) >= 11 is 5.39. The lowest BCUT2D eigenvalue weighted by molar-refractivity contribution is 0.149. The Labute approximate surface area is 136 Å². The lowest BCUT2D eigenvalue weighted by atomic mass is 9.98. The van der Waals surface area contributed by atoms with Crippen LogP contribution in [0, 0.1) is 5.92 Å². The van der Waals surface area contributed by atoms with Crippen LogP contribution < -0.4 is 5.73 Å². The van der Waals surface area contributed by atoms with Crippen molar-refractivity contribution in [2.45, 2.75) is 59.0 Å². The molecule has 1 heterocycles. The molecule has 0 saturated heterocycles. The fourth-order valence-electron chi connectivity index (χ4n) is 2.69. The monoisotopic (exact) mass is 360 g/mol. The van der Waals surface area contributed by atoms with Crippen molar-refractivity contribution >= 4 is 27.3 Å². The largest absolute Gasteiger partial charge is 0.326 e. The molecule has 0 fully saturated rings. The van der Waals surface area contributed by atoms with E-state index in [1.54, 1.807) is 0 Å². The summed E-state index contributed by atoms with van der Waals surface area (Å²) in [4.78, 5) is 3.96. The van der Waals surface area contributed by atoms with Gasteiger partial charge >= 0.3 is 0 Å². The molecule has 0 radical (unpaired) electrons. The first-order chi connectivity index (χ1) is 9.57. The van der Waals surface area contributed by atoms with Crippen LogP contribution in [0.5, 0.6) is 0 Å². The van der Waals surface area contributed by atoms with Gasteiger partial charge in [-0.25, -0.2) is 0 Å². The normalized spacial score (nSPS) is 15.0.